The molecule has 0 unspecified atom stereocenters. The van der Waals surface area contributed by atoms with Crippen LogP contribution in [0.5, 0.6) is 0 Å². The molecule has 0 spiro atoms. The van der Waals surface area contributed by atoms with Gasteiger partial charge in [-0.15, -0.1) is 0 Å². The van der Waals surface area contributed by atoms with Gasteiger partial charge in [-0.25, -0.2) is 0 Å². The van der Waals surface area contributed by atoms with E-state index in [4.69, 9.17) is 18.9 Å². The number of nitrogens with zero attached hydrogens (tertiary/aromatic N) is 2. The molecule has 10 nitrogen and oxygen atoms in total. The van der Waals surface area contributed by atoms with E-state index in [1.54, 1.807) is 17.7 Å². The summed E-state index contributed by atoms with van der Waals surface area (Å²) in [6, 6.07) is 0. The van der Waals surface area contributed by atoms with Crippen molar-refractivity contribution in [2.24, 2.45) is 0 Å². The Morgan fingerprint density at radius 3 is 2.31 bits per heavy atom. The summed E-state index contributed by atoms with van der Waals surface area (Å²) in [6.45, 7) is 6.96. The topological polar surface area (TPSA) is 123 Å². The lowest BCUT2D eigenvalue weighted by molar-refractivity contribution is -0.166. The van der Waals surface area contributed by atoms with Crippen molar-refractivity contribution < 1.29 is 33.3 Å². The summed E-state index contributed by atoms with van der Waals surface area (Å²) in [5.74, 6) is -1.12. The van der Waals surface area contributed by atoms with Crippen LogP contribution in [0.3, 0.4) is 0 Å². The number of hydrogen-bond donors (Lipinski definition) is 0. The van der Waals surface area contributed by atoms with Gasteiger partial charge in [0, 0.05) is 32.5 Å². The number of carbonyl (C=O) groups excluding carboxylic acids is 3. The summed E-state index contributed by atoms with van der Waals surface area (Å²) in [6.07, 6.45) is -2.31. The number of carbonyl (C=O) groups is 3. The van der Waals surface area contributed by atoms with Crippen LogP contribution in [0.15, 0.2) is 16.1 Å². The average molecular weight is 428 g/mol. The molecule has 160 valence electrons. The summed E-state index contributed by atoms with van der Waals surface area (Å²) in [4.78, 5) is 50.7. The minimum Gasteiger partial charge on any atom is -0.463 e. The van der Waals surface area contributed by atoms with Crippen LogP contribution in [-0.4, -0.2) is 58.1 Å². The van der Waals surface area contributed by atoms with Crippen LogP contribution in [0.4, 0.5) is 0 Å². The first-order valence-corrected chi connectivity index (χ1v) is 9.98. The van der Waals surface area contributed by atoms with Crippen LogP contribution in [0.1, 0.15) is 39.5 Å². The summed E-state index contributed by atoms with van der Waals surface area (Å²) >= 11 is 1.31. The molecule has 1 aromatic rings. The standard InChI is InChI=1S/C18H24N2O8S/c1-6-29-18-19-16(24)9(2)7-20(18)17-15(27-12(5)23)14(26-11(4)22)13(28-17)8-25-10(3)21/h7,13-15,17H,6,8H2,1-5H3/t13-,14-,15-,17-/m1/s1. The van der Waals surface area contributed by atoms with Gasteiger partial charge in [0.05, 0.1) is 0 Å². The number of rotatable bonds is 7. The number of hydrogen-bond acceptors (Lipinski definition) is 10. The predicted molar refractivity (Wildman–Crippen MR) is 101 cm³/mol. The Hall–Kier alpha value is -2.40. The van der Waals surface area contributed by atoms with E-state index in [1.807, 2.05) is 6.92 Å². The largest absolute Gasteiger partial charge is 0.463 e. The van der Waals surface area contributed by atoms with Gasteiger partial charge in [0.2, 0.25) is 0 Å². The Labute approximate surface area is 171 Å². The zero-order valence-electron chi connectivity index (χ0n) is 16.9. The van der Waals surface area contributed by atoms with E-state index in [1.165, 1.54) is 32.5 Å². The van der Waals surface area contributed by atoms with Gasteiger partial charge in [-0.1, -0.05) is 18.7 Å². The van der Waals surface area contributed by atoms with Gasteiger partial charge in [-0.2, -0.15) is 4.98 Å². The van der Waals surface area contributed by atoms with E-state index < -0.39 is 42.4 Å². The van der Waals surface area contributed by atoms with Crippen molar-refractivity contribution in [3.63, 3.8) is 0 Å². The lowest BCUT2D eigenvalue weighted by Crippen LogP contribution is -2.40. The molecule has 4 atom stereocenters. The number of aryl methyl sites for hydroxylation is 1. The number of thioether (sulfide) groups is 1. The zero-order chi connectivity index (χ0) is 21.7. The Kier molecular flexibility index (Phi) is 7.80. The average Bonchev–Trinajstić information content (AvgIpc) is 2.92. The second kappa shape index (κ2) is 9.88. The molecule has 1 aliphatic heterocycles. The lowest BCUT2D eigenvalue weighted by atomic mass is 10.1. The molecular formula is C18H24N2O8S. The molecule has 0 saturated carbocycles. The highest BCUT2D eigenvalue weighted by atomic mass is 32.2. The SMILES string of the molecule is CCSc1nc(=O)c(C)cn1[C@@H]1O[C@H](COC(C)=O)[C@@H](OC(C)=O)[C@H]1OC(C)=O. The van der Waals surface area contributed by atoms with E-state index in [0.717, 1.165) is 0 Å². The van der Waals surface area contributed by atoms with Crippen LogP contribution in [0, 0.1) is 6.92 Å². The van der Waals surface area contributed by atoms with Crippen molar-refractivity contribution in [3.05, 3.63) is 22.1 Å². The van der Waals surface area contributed by atoms with Crippen molar-refractivity contribution in [2.75, 3.05) is 12.4 Å². The van der Waals surface area contributed by atoms with Crippen molar-refractivity contribution in [2.45, 2.75) is 64.3 Å². The highest BCUT2D eigenvalue weighted by Gasteiger charge is 2.51. The molecule has 1 aliphatic rings. The van der Waals surface area contributed by atoms with Gasteiger partial charge in [0.15, 0.2) is 23.6 Å². The summed E-state index contributed by atoms with van der Waals surface area (Å²) < 4.78 is 23.3. The molecule has 11 heteroatoms. The smallest absolute Gasteiger partial charge is 0.303 e. The second-order valence-corrected chi connectivity index (χ2v) is 7.60. The van der Waals surface area contributed by atoms with E-state index in [9.17, 15) is 19.2 Å². The predicted octanol–water partition coefficient (Wildman–Crippen LogP) is 0.988. The van der Waals surface area contributed by atoms with E-state index in [2.05, 4.69) is 4.98 Å². The molecule has 1 aromatic heterocycles. The summed E-state index contributed by atoms with van der Waals surface area (Å²) in [7, 11) is 0. The highest BCUT2D eigenvalue weighted by molar-refractivity contribution is 7.99. The van der Waals surface area contributed by atoms with Gasteiger partial charge in [0.1, 0.15) is 12.7 Å². The molecule has 0 aliphatic carbocycles. The highest BCUT2D eigenvalue weighted by Crippen LogP contribution is 2.36. The Morgan fingerprint density at radius 2 is 1.76 bits per heavy atom. The van der Waals surface area contributed by atoms with Gasteiger partial charge in [0.25, 0.3) is 5.56 Å². The summed E-state index contributed by atoms with van der Waals surface area (Å²) in [5.41, 5.74) is -0.0182. The normalized spacial score (nSPS) is 23.5. The lowest BCUT2D eigenvalue weighted by Gasteiger charge is -2.25. The molecule has 2 heterocycles. The van der Waals surface area contributed by atoms with Crippen molar-refractivity contribution >= 4 is 29.7 Å². The molecule has 0 radical (unpaired) electrons. The van der Waals surface area contributed by atoms with Gasteiger partial charge in [-0.3, -0.25) is 23.7 Å². The molecule has 0 aromatic carbocycles. The third kappa shape index (κ3) is 5.80. The first kappa shape index (κ1) is 22.9. The fourth-order valence-corrected chi connectivity index (χ4v) is 3.60. The Balaban J connectivity index is 2.51. The third-order valence-electron chi connectivity index (χ3n) is 3.98. The molecular weight excluding hydrogens is 404 g/mol. The van der Waals surface area contributed by atoms with Gasteiger partial charge in [-0.05, 0) is 12.7 Å². The zero-order valence-corrected chi connectivity index (χ0v) is 17.7. The van der Waals surface area contributed by atoms with Crippen molar-refractivity contribution in [1.29, 1.82) is 0 Å². The van der Waals surface area contributed by atoms with Crippen LogP contribution >= 0.6 is 11.8 Å². The molecule has 0 amide bonds. The minimum atomic E-state index is -1.03. The van der Waals surface area contributed by atoms with Crippen LogP contribution in [0.25, 0.3) is 0 Å². The maximum atomic E-state index is 12.0. The number of aromatic nitrogens is 2. The maximum absolute atomic E-state index is 12.0. The van der Waals surface area contributed by atoms with Gasteiger partial charge >= 0.3 is 17.9 Å². The van der Waals surface area contributed by atoms with E-state index in [0.29, 0.717) is 16.5 Å². The quantitative estimate of drug-likeness (QED) is 0.269. The molecule has 0 N–H and O–H groups in total. The van der Waals surface area contributed by atoms with Crippen molar-refractivity contribution in [1.82, 2.24) is 9.55 Å². The van der Waals surface area contributed by atoms with Gasteiger partial charge < -0.3 is 18.9 Å². The fraction of sp³-hybridized carbons (Fsp3) is 0.611. The minimum absolute atomic E-state index is 0.204. The monoisotopic (exact) mass is 428 g/mol. The van der Waals surface area contributed by atoms with Crippen molar-refractivity contribution in [3.8, 4) is 0 Å². The van der Waals surface area contributed by atoms with E-state index in [-0.39, 0.29) is 12.2 Å². The number of esters is 3. The maximum Gasteiger partial charge on any atom is 0.303 e. The van der Waals surface area contributed by atoms with Crippen LogP contribution in [0.2, 0.25) is 0 Å². The van der Waals surface area contributed by atoms with Crippen LogP contribution in [-0.2, 0) is 33.3 Å². The molecule has 29 heavy (non-hydrogen) atoms. The molecule has 0 bridgehead atoms. The summed E-state index contributed by atoms with van der Waals surface area (Å²) in [5, 5.41) is 0.361. The third-order valence-corrected chi connectivity index (χ3v) is 4.83. The molecule has 1 fully saturated rings. The molecule has 1 saturated heterocycles. The van der Waals surface area contributed by atoms with E-state index >= 15 is 0 Å². The fourth-order valence-electron chi connectivity index (χ4n) is 2.89. The first-order chi connectivity index (χ1) is 13.6. The number of ether oxygens (including phenoxy) is 4. The Bertz CT molecular complexity index is 840. The second-order valence-electron chi connectivity index (χ2n) is 6.37. The first-order valence-electron chi connectivity index (χ1n) is 8.99. The van der Waals surface area contributed by atoms with Crippen LogP contribution < -0.4 is 5.56 Å². The Morgan fingerprint density at radius 1 is 1.14 bits per heavy atom. The molecule has 2 rings (SSSR count).